The number of rotatable bonds is 2. The van der Waals surface area contributed by atoms with Gasteiger partial charge in [0.2, 0.25) is 5.91 Å². The molecule has 19 heavy (non-hydrogen) atoms. The number of benzene rings is 1. The lowest BCUT2D eigenvalue weighted by molar-refractivity contribution is -0.119. The predicted octanol–water partition coefficient (Wildman–Crippen LogP) is 0.745. The predicted molar refractivity (Wildman–Crippen MR) is 71.1 cm³/mol. The second-order valence-corrected chi connectivity index (χ2v) is 5.25. The van der Waals surface area contributed by atoms with Crippen LogP contribution in [0.1, 0.15) is 13.3 Å². The Kier molecular flexibility index (Phi) is 3.06. The van der Waals surface area contributed by atoms with E-state index in [1.807, 2.05) is 24.3 Å². The van der Waals surface area contributed by atoms with Crippen molar-refractivity contribution in [3.8, 4) is 5.75 Å². The molecule has 1 heterocycles. The summed E-state index contributed by atoms with van der Waals surface area (Å²) in [6.45, 7) is 1.98. The summed E-state index contributed by atoms with van der Waals surface area (Å²) in [4.78, 5) is 11.0. The highest BCUT2D eigenvalue weighted by Gasteiger charge is 2.46. The molecule has 102 valence electrons. The number of amides is 1. The first-order valence-corrected chi connectivity index (χ1v) is 6.60. The Morgan fingerprint density at radius 1 is 1.53 bits per heavy atom. The van der Waals surface area contributed by atoms with Crippen molar-refractivity contribution < 1.29 is 14.6 Å². The molecule has 1 aromatic rings. The molecule has 4 atom stereocenters. The van der Waals surface area contributed by atoms with E-state index < -0.39 is 6.10 Å². The summed E-state index contributed by atoms with van der Waals surface area (Å²) in [6, 6.07) is 7.63. The van der Waals surface area contributed by atoms with Crippen LogP contribution in [0.25, 0.3) is 0 Å². The van der Waals surface area contributed by atoms with E-state index in [1.54, 1.807) is 0 Å². The fourth-order valence-electron chi connectivity index (χ4n) is 2.91. The van der Waals surface area contributed by atoms with Gasteiger partial charge in [0.1, 0.15) is 11.9 Å². The highest BCUT2D eigenvalue weighted by atomic mass is 16.5. The molecular weight excluding hydrogens is 244 g/mol. The lowest BCUT2D eigenvalue weighted by atomic mass is 10.0. The largest absolute Gasteiger partial charge is 0.486 e. The van der Waals surface area contributed by atoms with Crippen molar-refractivity contribution in [2.75, 3.05) is 11.9 Å². The Morgan fingerprint density at radius 3 is 3.11 bits per heavy atom. The van der Waals surface area contributed by atoms with Gasteiger partial charge in [-0.25, -0.2) is 0 Å². The van der Waals surface area contributed by atoms with Gasteiger partial charge in [-0.3, -0.25) is 4.79 Å². The zero-order valence-electron chi connectivity index (χ0n) is 10.8. The quantitative estimate of drug-likeness (QED) is 0.735. The maximum atomic E-state index is 11.0. The van der Waals surface area contributed by atoms with Crippen LogP contribution in [0.4, 0.5) is 5.69 Å². The van der Waals surface area contributed by atoms with Crippen LogP contribution < -0.4 is 15.4 Å². The van der Waals surface area contributed by atoms with Crippen molar-refractivity contribution >= 4 is 11.6 Å². The minimum atomic E-state index is -0.509. The number of carbonyl (C=O) groups is 1. The molecule has 3 N–H and O–H groups in total. The standard InChI is InChI=1S/C14H18N2O3/c1-8(17)15-7-9-6-12-13(14(9)18)16-10-4-2-3-5-11(10)19-12/h2-5,9,12-14,16,18H,6-7H2,1H3,(H,15,17)/t9-,12+,13+,14+/m0/s1. The van der Waals surface area contributed by atoms with Crippen molar-refractivity contribution in [3.05, 3.63) is 24.3 Å². The van der Waals surface area contributed by atoms with Crippen molar-refractivity contribution in [2.45, 2.75) is 31.6 Å². The number of ether oxygens (including phenoxy) is 1. The van der Waals surface area contributed by atoms with Gasteiger partial charge in [0.05, 0.1) is 17.8 Å². The zero-order valence-corrected chi connectivity index (χ0v) is 10.8. The number of aliphatic hydroxyl groups is 1. The number of nitrogens with one attached hydrogen (secondary N) is 2. The SMILES string of the molecule is CC(=O)NC[C@@H]1C[C@H]2Oc3ccccc3N[C@H]2[C@@H]1O. The minimum absolute atomic E-state index is 0.0284. The number of fused-ring (bicyclic) bond motifs is 2. The third-order valence-electron chi connectivity index (χ3n) is 3.89. The summed E-state index contributed by atoms with van der Waals surface area (Å²) in [6.07, 6.45) is 0.196. The lowest BCUT2D eigenvalue weighted by Crippen LogP contribution is -2.44. The third-order valence-corrected chi connectivity index (χ3v) is 3.89. The molecule has 1 aliphatic carbocycles. The Bertz CT molecular complexity index is 491. The highest BCUT2D eigenvalue weighted by Crippen LogP contribution is 2.39. The smallest absolute Gasteiger partial charge is 0.216 e. The number of carbonyl (C=O) groups excluding carboxylic acids is 1. The first-order chi connectivity index (χ1) is 9.15. The average molecular weight is 262 g/mol. The van der Waals surface area contributed by atoms with Crippen LogP contribution in [0.5, 0.6) is 5.75 Å². The van der Waals surface area contributed by atoms with Gasteiger partial charge in [0, 0.05) is 19.4 Å². The van der Waals surface area contributed by atoms with Crippen LogP contribution in [0.3, 0.4) is 0 Å². The summed E-state index contributed by atoms with van der Waals surface area (Å²) >= 11 is 0. The van der Waals surface area contributed by atoms with E-state index in [-0.39, 0.29) is 24.0 Å². The first-order valence-electron chi connectivity index (χ1n) is 6.60. The van der Waals surface area contributed by atoms with Crippen molar-refractivity contribution in [3.63, 3.8) is 0 Å². The van der Waals surface area contributed by atoms with Gasteiger partial charge in [-0.1, -0.05) is 12.1 Å². The molecule has 2 aliphatic rings. The van der Waals surface area contributed by atoms with Gasteiger partial charge in [-0.2, -0.15) is 0 Å². The average Bonchev–Trinajstić information content (AvgIpc) is 2.70. The van der Waals surface area contributed by atoms with E-state index in [1.165, 1.54) is 6.92 Å². The van der Waals surface area contributed by atoms with Crippen molar-refractivity contribution in [1.29, 1.82) is 0 Å². The topological polar surface area (TPSA) is 70.6 Å². The number of hydrogen-bond acceptors (Lipinski definition) is 4. The van der Waals surface area contributed by atoms with Gasteiger partial charge in [-0.05, 0) is 18.6 Å². The summed E-state index contributed by atoms with van der Waals surface area (Å²) in [7, 11) is 0. The number of anilines is 1. The van der Waals surface area contributed by atoms with E-state index in [4.69, 9.17) is 4.74 Å². The third kappa shape index (κ3) is 2.26. The van der Waals surface area contributed by atoms with Crippen LogP contribution in [-0.4, -0.2) is 35.8 Å². The highest BCUT2D eigenvalue weighted by molar-refractivity contribution is 5.72. The maximum Gasteiger partial charge on any atom is 0.216 e. The van der Waals surface area contributed by atoms with Crippen LogP contribution in [0, 0.1) is 5.92 Å². The fourth-order valence-corrected chi connectivity index (χ4v) is 2.91. The Balaban J connectivity index is 1.72. The molecule has 0 radical (unpaired) electrons. The molecule has 1 saturated carbocycles. The van der Waals surface area contributed by atoms with E-state index >= 15 is 0 Å². The molecule has 0 spiro atoms. The molecule has 1 aromatic carbocycles. The molecule has 0 unspecified atom stereocenters. The van der Waals surface area contributed by atoms with Crippen molar-refractivity contribution in [2.24, 2.45) is 5.92 Å². The maximum absolute atomic E-state index is 11.0. The van der Waals surface area contributed by atoms with E-state index in [2.05, 4.69) is 10.6 Å². The van der Waals surface area contributed by atoms with Crippen molar-refractivity contribution in [1.82, 2.24) is 5.32 Å². The molecular formula is C14H18N2O3. The minimum Gasteiger partial charge on any atom is -0.486 e. The Hall–Kier alpha value is -1.75. The van der Waals surface area contributed by atoms with Crippen LogP contribution >= 0.6 is 0 Å². The van der Waals surface area contributed by atoms with Gasteiger partial charge >= 0.3 is 0 Å². The van der Waals surface area contributed by atoms with E-state index in [0.29, 0.717) is 6.54 Å². The Labute approximate surface area is 112 Å². The van der Waals surface area contributed by atoms with E-state index in [0.717, 1.165) is 17.9 Å². The van der Waals surface area contributed by atoms with E-state index in [9.17, 15) is 9.90 Å². The zero-order chi connectivity index (χ0) is 13.4. The molecule has 0 aromatic heterocycles. The molecule has 5 nitrogen and oxygen atoms in total. The molecule has 1 aliphatic heterocycles. The van der Waals surface area contributed by atoms with Gasteiger partial charge < -0.3 is 20.5 Å². The number of aliphatic hydroxyl groups excluding tert-OH is 1. The van der Waals surface area contributed by atoms with Crippen LogP contribution in [0.2, 0.25) is 0 Å². The summed E-state index contributed by atoms with van der Waals surface area (Å²) < 4.78 is 5.93. The van der Waals surface area contributed by atoms with Crippen LogP contribution in [0.15, 0.2) is 24.3 Å². The molecule has 1 amide bonds. The number of para-hydroxylation sites is 2. The van der Waals surface area contributed by atoms with Crippen LogP contribution in [-0.2, 0) is 4.79 Å². The first kappa shape index (κ1) is 12.3. The molecule has 0 saturated heterocycles. The summed E-state index contributed by atoms with van der Waals surface area (Å²) in [5.74, 6) is 0.788. The van der Waals surface area contributed by atoms with Gasteiger partial charge in [0.15, 0.2) is 0 Å². The lowest BCUT2D eigenvalue weighted by Gasteiger charge is -2.31. The van der Waals surface area contributed by atoms with Gasteiger partial charge in [-0.15, -0.1) is 0 Å². The monoisotopic (exact) mass is 262 g/mol. The molecule has 1 fully saturated rings. The second kappa shape index (κ2) is 4.74. The molecule has 0 bridgehead atoms. The molecule has 3 rings (SSSR count). The summed E-state index contributed by atoms with van der Waals surface area (Å²) in [5, 5.41) is 16.4. The normalized spacial score (nSPS) is 31.7. The second-order valence-electron chi connectivity index (χ2n) is 5.25. The molecule has 5 heteroatoms. The van der Waals surface area contributed by atoms with Gasteiger partial charge in [0.25, 0.3) is 0 Å². The summed E-state index contributed by atoms with van der Waals surface area (Å²) in [5.41, 5.74) is 0.919. The Morgan fingerprint density at radius 2 is 2.32 bits per heavy atom. The fraction of sp³-hybridized carbons (Fsp3) is 0.500. The number of hydrogen-bond donors (Lipinski definition) is 3.